The van der Waals surface area contributed by atoms with Gasteiger partial charge in [0.05, 0.1) is 0 Å². The van der Waals surface area contributed by atoms with Crippen LogP contribution in [0, 0.1) is 17.2 Å². The second kappa shape index (κ2) is 5.75. The van der Waals surface area contributed by atoms with Crippen LogP contribution >= 0.6 is 11.6 Å². The molecular weight excluding hydrogens is 260 g/mol. The van der Waals surface area contributed by atoms with Crippen molar-refractivity contribution < 1.29 is 0 Å². The fourth-order valence-electron chi connectivity index (χ4n) is 2.44. The standard InChI is InChI=1S/C14H19ClN4/c1-9(2)12-13(15)17-11(8-16)18-14(12)19-6-4-10(3)5-7-19/h9-10H,4-7H2,1-3H3. The molecule has 0 aromatic carbocycles. The first-order valence-electron chi connectivity index (χ1n) is 6.75. The first-order chi connectivity index (χ1) is 9.02. The maximum atomic E-state index is 9.00. The molecule has 2 rings (SSSR count). The van der Waals surface area contributed by atoms with Crippen LogP contribution in [0.2, 0.25) is 5.15 Å². The van der Waals surface area contributed by atoms with Crippen LogP contribution in [-0.4, -0.2) is 23.1 Å². The molecule has 0 atom stereocenters. The topological polar surface area (TPSA) is 52.8 Å². The minimum Gasteiger partial charge on any atom is -0.356 e. The largest absolute Gasteiger partial charge is 0.356 e. The van der Waals surface area contributed by atoms with Crippen molar-refractivity contribution in [3.63, 3.8) is 0 Å². The molecule has 102 valence electrons. The summed E-state index contributed by atoms with van der Waals surface area (Å²) in [6.07, 6.45) is 2.31. The molecule has 5 heteroatoms. The van der Waals surface area contributed by atoms with Gasteiger partial charge in [-0.2, -0.15) is 5.26 Å². The Hall–Kier alpha value is -1.34. The third-order valence-corrected chi connectivity index (χ3v) is 3.93. The van der Waals surface area contributed by atoms with Crippen molar-refractivity contribution in [2.24, 2.45) is 5.92 Å². The van der Waals surface area contributed by atoms with Crippen molar-refractivity contribution in [2.75, 3.05) is 18.0 Å². The van der Waals surface area contributed by atoms with Crippen molar-refractivity contribution in [3.8, 4) is 6.07 Å². The van der Waals surface area contributed by atoms with Crippen LogP contribution in [0.3, 0.4) is 0 Å². The van der Waals surface area contributed by atoms with Gasteiger partial charge in [0.1, 0.15) is 17.0 Å². The van der Waals surface area contributed by atoms with Gasteiger partial charge in [0, 0.05) is 18.7 Å². The van der Waals surface area contributed by atoms with Gasteiger partial charge in [-0.25, -0.2) is 9.97 Å². The predicted molar refractivity (Wildman–Crippen MR) is 76.5 cm³/mol. The van der Waals surface area contributed by atoms with E-state index in [-0.39, 0.29) is 11.7 Å². The summed E-state index contributed by atoms with van der Waals surface area (Å²) in [7, 11) is 0. The van der Waals surface area contributed by atoms with Crippen molar-refractivity contribution in [3.05, 3.63) is 16.5 Å². The molecule has 0 bridgehead atoms. The maximum absolute atomic E-state index is 9.00. The van der Waals surface area contributed by atoms with E-state index in [2.05, 4.69) is 35.6 Å². The predicted octanol–water partition coefficient (Wildman–Crippen LogP) is 3.36. The molecule has 1 aromatic heterocycles. The van der Waals surface area contributed by atoms with Gasteiger partial charge >= 0.3 is 0 Å². The van der Waals surface area contributed by atoms with Crippen LogP contribution < -0.4 is 4.90 Å². The van der Waals surface area contributed by atoms with E-state index >= 15 is 0 Å². The second-order valence-corrected chi connectivity index (χ2v) is 5.87. The Morgan fingerprint density at radius 3 is 2.47 bits per heavy atom. The van der Waals surface area contributed by atoms with E-state index < -0.39 is 0 Å². The molecular formula is C14H19ClN4. The number of nitriles is 1. The summed E-state index contributed by atoms with van der Waals surface area (Å²) in [6.45, 7) is 8.37. The number of hydrogen-bond donors (Lipinski definition) is 0. The van der Waals surface area contributed by atoms with Crippen LogP contribution in [0.15, 0.2) is 0 Å². The number of halogens is 1. The smallest absolute Gasteiger partial charge is 0.235 e. The van der Waals surface area contributed by atoms with Crippen LogP contribution in [0.25, 0.3) is 0 Å². The number of rotatable bonds is 2. The summed E-state index contributed by atoms with van der Waals surface area (Å²) < 4.78 is 0. The Morgan fingerprint density at radius 2 is 1.95 bits per heavy atom. The Kier molecular flexibility index (Phi) is 4.26. The Bertz CT molecular complexity index is 499. The van der Waals surface area contributed by atoms with E-state index in [1.165, 1.54) is 0 Å². The van der Waals surface area contributed by atoms with Crippen LogP contribution in [0.5, 0.6) is 0 Å². The summed E-state index contributed by atoms with van der Waals surface area (Å²) >= 11 is 6.23. The fraction of sp³-hybridized carbons (Fsp3) is 0.643. The van der Waals surface area contributed by atoms with E-state index in [1.54, 1.807) is 0 Å². The fourth-order valence-corrected chi connectivity index (χ4v) is 2.82. The van der Waals surface area contributed by atoms with Crippen molar-refractivity contribution in [2.45, 2.75) is 39.5 Å². The zero-order valence-electron chi connectivity index (χ0n) is 11.6. The lowest BCUT2D eigenvalue weighted by atomic mass is 9.98. The molecule has 1 fully saturated rings. The SMILES string of the molecule is CC1CCN(c2nc(C#N)nc(Cl)c2C(C)C)CC1. The molecule has 0 saturated carbocycles. The molecule has 0 amide bonds. The van der Waals surface area contributed by atoms with Crippen LogP contribution in [-0.2, 0) is 0 Å². The van der Waals surface area contributed by atoms with E-state index in [1.807, 2.05) is 6.07 Å². The van der Waals surface area contributed by atoms with Gasteiger partial charge in [-0.15, -0.1) is 0 Å². The molecule has 4 nitrogen and oxygen atoms in total. The maximum Gasteiger partial charge on any atom is 0.235 e. The molecule has 1 aliphatic rings. The molecule has 19 heavy (non-hydrogen) atoms. The van der Waals surface area contributed by atoms with Gasteiger partial charge < -0.3 is 4.90 Å². The first kappa shape index (κ1) is 14.1. The molecule has 0 aliphatic carbocycles. The monoisotopic (exact) mass is 278 g/mol. The van der Waals surface area contributed by atoms with Crippen molar-refractivity contribution >= 4 is 17.4 Å². The highest BCUT2D eigenvalue weighted by atomic mass is 35.5. The second-order valence-electron chi connectivity index (χ2n) is 5.51. The molecule has 0 radical (unpaired) electrons. The number of hydrogen-bond acceptors (Lipinski definition) is 4. The third-order valence-electron chi connectivity index (χ3n) is 3.64. The van der Waals surface area contributed by atoms with Crippen LogP contribution in [0.4, 0.5) is 5.82 Å². The summed E-state index contributed by atoms with van der Waals surface area (Å²) in [5.74, 6) is 2.00. The van der Waals surface area contributed by atoms with Crippen LogP contribution in [0.1, 0.15) is 50.9 Å². The summed E-state index contributed by atoms with van der Waals surface area (Å²) in [5.41, 5.74) is 0.954. The lowest BCUT2D eigenvalue weighted by molar-refractivity contribution is 0.435. The molecule has 1 aliphatic heterocycles. The van der Waals surface area contributed by atoms with E-state index in [0.717, 1.165) is 43.2 Å². The minimum absolute atomic E-state index is 0.156. The van der Waals surface area contributed by atoms with E-state index in [0.29, 0.717) is 5.15 Å². The Labute approximate surface area is 119 Å². The Morgan fingerprint density at radius 1 is 1.32 bits per heavy atom. The molecule has 2 heterocycles. The van der Waals surface area contributed by atoms with Gasteiger partial charge in [-0.3, -0.25) is 0 Å². The van der Waals surface area contributed by atoms with Gasteiger partial charge in [0.15, 0.2) is 0 Å². The van der Waals surface area contributed by atoms with Gasteiger partial charge in [0.2, 0.25) is 5.82 Å². The molecule has 1 saturated heterocycles. The summed E-state index contributed by atoms with van der Waals surface area (Å²) in [4.78, 5) is 10.7. The first-order valence-corrected chi connectivity index (χ1v) is 7.13. The highest BCUT2D eigenvalue weighted by molar-refractivity contribution is 6.30. The number of aromatic nitrogens is 2. The number of nitrogens with zero attached hydrogens (tertiary/aromatic N) is 4. The van der Waals surface area contributed by atoms with Gasteiger partial charge in [-0.05, 0) is 24.7 Å². The van der Waals surface area contributed by atoms with Crippen molar-refractivity contribution in [1.29, 1.82) is 5.26 Å². The third kappa shape index (κ3) is 2.98. The van der Waals surface area contributed by atoms with Gasteiger partial charge in [-0.1, -0.05) is 32.4 Å². The van der Waals surface area contributed by atoms with Gasteiger partial charge in [0.25, 0.3) is 0 Å². The molecule has 0 spiro atoms. The molecule has 0 N–H and O–H groups in total. The van der Waals surface area contributed by atoms with Crippen molar-refractivity contribution in [1.82, 2.24) is 9.97 Å². The average molecular weight is 279 g/mol. The summed E-state index contributed by atoms with van der Waals surface area (Å²) in [5, 5.41) is 9.42. The number of anilines is 1. The average Bonchev–Trinajstić information content (AvgIpc) is 2.38. The minimum atomic E-state index is 0.156. The van der Waals surface area contributed by atoms with E-state index in [9.17, 15) is 0 Å². The lowest BCUT2D eigenvalue weighted by Gasteiger charge is -2.33. The zero-order chi connectivity index (χ0) is 14.0. The highest BCUT2D eigenvalue weighted by Gasteiger charge is 2.24. The molecule has 1 aromatic rings. The zero-order valence-corrected chi connectivity index (χ0v) is 12.4. The summed E-state index contributed by atoms with van der Waals surface area (Å²) in [6, 6.07) is 1.99. The quantitative estimate of drug-likeness (QED) is 0.779. The highest BCUT2D eigenvalue weighted by Crippen LogP contribution is 2.33. The number of piperidine rings is 1. The van der Waals surface area contributed by atoms with E-state index in [4.69, 9.17) is 16.9 Å². The normalized spacial score (nSPS) is 16.7. The molecule has 0 unspecified atom stereocenters. The lowest BCUT2D eigenvalue weighted by Crippen LogP contribution is -2.34. The Balaban J connectivity index is 2.42.